The molecule has 0 bridgehead atoms. The summed E-state index contributed by atoms with van der Waals surface area (Å²) in [6.07, 6.45) is -1.26. The number of carbonyl (C=O) groups is 2. The van der Waals surface area contributed by atoms with E-state index in [4.69, 9.17) is 28.3 Å². The first kappa shape index (κ1) is 13.9. The molecule has 0 fully saturated rings. The van der Waals surface area contributed by atoms with Crippen molar-refractivity contribution < 1.29 is 19.8 Å². The van der Waals surface area contributed by atoms with E-state index in [0.717, 1.165) is 4.90 Å². The summed E-state index contributed by atoms with van der Waals surface area (Å²) < 4.78 is 0. The van der Waals surface area contributed by atoms with Crippen molar-refractivity contribution in [3.05, 3.63) is 45.5 Å². The normalized spacial score (nSPS) is 19.2. The van der Waals surface area contributed by atoms with Crippen LogP contribution in [-0.4, -0.2) is 33.2 Å². The number of hydrogen-bond acceptors (Lipinski definition) is 3. The van der Waals surface area contributed by atoms with Crippen molar-refractivity contribution in [2.75, 3.05) is 0 Å². The smallest absolute Gasteiger partial charge is 0.335 e. The topological polar surface area (TPSA) is 77.8 Å². The molecule has 0 saturated heterocycles. The zero-order valence-electron chi connectivity index (χ0n) is 9.51. The van der Waals surface area contributed by atoms with Crippen LogP contribution in [0.1, 0.15) is 15.9 Å². The molecule has 1 aliphatic heterocycles. The molecule has 1 heterocycles. The predicted octanol–water partition coefficient (Wildman–Crippen LogP) is 1.73. The highest BCUT2D eigenvalue weighted by atomic mass is 35.5. The molecule has 2 N–H and O–H groups in total. The Morgan fingerprint density at radius 1 is 1.26 bits per heavy atom. The Hall–Kier alpha value is -1.56. The maximum Gasteiger partial charge on any atom is 0.335 e. The third-order valence-electron chi connectivity index (χ3n) is 2.73. The zero-order valence-corrected chi connectivity index (χ0v) is 11.0. The Kier molecular flexibility index (Phi) is 3.80. The van der Waals surface area contributed by atoms with Gasteiger partial charge in [0, 0.05) is 6.54 Å². The molecule has 1 aliphatic rings. The number of hydrogen-bond donors (Lipinski definition) is 2. The lowest BCUT2D eigenvalue weighted by molar-refractivity contribution is -0.132. The number of carbonyl (C=O) groups excluding carboxylic acids is 1. The second-order valence-electron chi connectivity index (χ2n) is 3.97. The van der Waals surface area contributed by atoms with Gasteiger partial charge in [-0.15, -0.1) is 0 Å². The Balaban J connectivity index is 2.15. The summed E-state index contributed by atoms with van der Waals surface area (Å²) in [7, 11) is 0. The van der Waals surface area contributed by atoms with E-state index in [2.05, 4.69) is 0 Å². The van der Waals surface area contributed by atoms with Gasteiger partial charge in [-0.1, -0.05) is 35.3 Å². The van der Waals surface area contributed by atoms with E-state index in [1.807, 2.05) is 0 Å². The SMILES string of the molecule is O=C(O)c1ccc(CN2C(=O)C(Cl)=C(Cl)C2O)cc1. The molecule has 1 unspecified atom stereocenters. The van der Waals surface area contributed by atoms with Gasteiger partial charge in [-0.25, -0.2) is 4.79 Å². The fraction of sp³-hybridized carbons (Fsp3) is 0.167. The van der Waals surface area contributed by atoms with Gasteiger partial charge in [0.1, 0.15) is 5.03 Å². The van der Waals surface area contributed by atoms with Crippen molar-refractivity contribution in [2.45, 2.75) is 12.8 Å². The van der Waals surface area contributed by atoms with E-state index in [-0.39, 0.29) is 22.2 Å². The van der Waals surface area contributed by atoms with Crippen LogP contribution in [0, 0.1) is 0 Å². The molecule has 2 rings (SSSR count). The van der Waals surface area contributed by atoms with Gasteiger partial charge < -0.3 is 15.1 Å². The molecule has 1 amide bonds. The summed E-state index contributed by atoms with van der Waals surface area (Å²) >= 11 is 11.3. The molecule has 19 heavy (non-hydrogen) atoms. The Morgan fingerprint density at radius 3 is 2.26 bits per heavy atom. The Morgan fingerprint density at radius 2 is 1.84 bits per heavy atom. The second kappa shape index (κ2) is 5.21. The minimum Gasteiger partial charge on any atom is -0.478 e. The maximum absolute atomic E-state index is 11.7. The molecule has 1 aromatic rings. The summed E-state index contributed by atoms with van der Waals surface area (Å²) in [5.41, 5.74) is 0.805. The van der Waals surface area contributed by atoms with E-state index >= 15 is 0 Å². The fourth-order valence-corrected chi connectivity index (χ4v) is 2.10. The molecular formula is C12H9Cl2NO4. The third kappa shape index (κ3) is 2.58. The third-order valence-corrected chi connectivity index (χ3v) is 3.58. The zero-order chi connectivity index (χ0) is 14.2. The second-order valence-corrected chi connectivity index (χ2v) is 4.76. The number of aliphatic hydroxyl groups excluding tert-OH is 1. The quantitative estimate of drug-likeness (QED) is 0.891. The van der Waals surface area contributed by atoms with Crippen molar-refractivity contribution in [2.24, 2.45) is 0 Å². The van der Waals surface area contributed by atoms with Gasteiger partial charge >= 0.3 is 5.97 Å². The number of aliphatic hydroxyl groups is 1. The Bertz CT molecular complexity index is 568. The van der Waals surface area contributed by atoms with E-state index in [1.165, 1.54) is 12.1 Å². The molecule has 0 saturated carbocycles. The van der Waals surface area contributed by atoms with Crippen molar-refractivity contribution in [1.29, 1.82) is 0 Å². The average Bonchev–Trinajstić information content (AvgIpc) is 2.57. The van der Waals surface area contributed by atoms with Crippen molar-refractivity contribution in [3.63, 3.8) is 0 Å². The number of benzene rings is 1. The minimum absolute atomic E-state index is 0.0896. The van der Waals surface area contributed by atoms with Crippen LogP contribution in [0.3, 0.4) is 0 Å². The fourth-order valence-electron chi connectivity index (χ4n) is 1.70. The first-order chi connectivity index (χ1) is 8.91. The van der Waals surface area contributed by atoms with Crippen LogP contribution in [-0.2, 0) is 11.3 Å². The van der Waals surface area contributed by atoms with Crippen LogP contribution in [0.25, 0.3) is 0 Å². The number of aromatic carboxylic acids is 1. The molecule has 5 nitrogen and oxygen atoms in total. The lowest BCUT2D eigenvalue weighted by atomic mass is 10.1. The lowest BCUT2D eigenvalue weighted by Gasteiger charge is -2.21. The summed E-state index contributed by atoms with van der Waals surface area (Å²) in [6.45, 7) is 0.0896. The Labute approximate surface area is 118 Å². The van der Waals surface area contributed by atoms with Crippen molar-refractivity contribution in [1.82, 2.24) is 4.90 Å². The van der Waals surface area contributed by atoms with Gasteiger partial charge in [0.05, 0.1) is 10.6 Å². The molecule has 0 aliphatic carbocycles. The van der Waals surface area contributed by atoms with Gasteiger partial charge in [-0.3, -0.25) is 4.79 Å². The summed E-state index contributed by atoms with van der Waals surface area (Å²) in [4.78, 5) is 23.5. The molecule has 0 radical (unpaired) electrons. The van der Waals surface area contributed by atoms with Gasteiger partial charge in [-0.2, -0.15) is 0 Å². The number of carboxylic acid groups (broad SMARTS) is 1. The summed E-state index contributed by atoms with van der Waals surface area (Å²) in [5, 5.41) is 18.2. The summed E-state index contributed by atoms with van der Waals surface area (Å²) in [5.74, 6) is -1.59. The molecule has 0 aromatic heterocycles. The molecule has 0 spiro atoms. The lowest BCUT2D eigenvalue weighted by Crippen LogP contribution is -2.34. The van der Waals surface area contributed by atoms with Crippen LogP contribution in [0.5, 0.6) is 0 Å². The maximum atomic E-state index is 11.7. The first-order valence-electron chi connectivity index (χ1n) is 5.28. The van der Waals surface area contributed by atoms with Crippen LogP contribution < -0.4 is 0 Å². The predicted molar refractivity (Wildman–Crippen MR) is 68.7 cm³/mol. The molecule has 100 valence electrons. The molecular weight excluding hydrogens is 293 g/mol. The van der Waals surface area contributed by atoms with Gasteiger partial charge in [0.2, 0.25) is 0 Å². The first-order valence-corrected chi connectivity index (χ1v) is 6.04. The van der Waals surface area contributed by atoms with Crippen LogP contribution >= 0.6 is 23.2 Å². The van der Waals surface area contributed by atoms with Crippen molar-refractivity contribution >= 4 is 35.1 Å². The average molecular weight is 302 g/mol. The van der Waals surface area contributed by atoms with Gasteiger partial charge in [0.25, 0.3) is 5.91 Å². The van der Waals surface area contributed by atoms with Crippen LogP contribution in [0.2, 0.25) is 0 Å². The highest BCUT2D eigenvalue weighted by Gasteiger charge is 2.36. The van der Waals surface area contributed by atoms with Gasteiger partial charge in [0.15, 0.2) is 6.23 Å². The minimum atomic E-state index is -1.26. The number of rotatable bonds is 3. The molecule has 7 heteroatoms. The van der Waals surface area contributed by atoms with Crippen molar-refractivity contribution in [3.8, 4) is 0 Å². The van der Waals surface area contributed by atoms with E-state index < -0.39 is 18.1 Å². The highest BCUT2D eigenvalue weighted by Crippen LogP contribution is 2.31. The summed E-state index contributed by atoms with van der Waals surface area (Å²) in [6, 6.07) is 5.95. The largest absolute Gasteiger partial charge is 0.478 e. The van der Waals surface area contributed by atoms with E-state index in [0.29, 0.717) is 5.56 Å². The van der Waals surface area contributed by atoms with Crippen LogP contribution in [0.15, 0.2) is 34.3 Å². The van der Waals surface area contributed by atoms with E-state index in [1.54, 1.807) is 12.1 Å². The monoisotopic (exact) mass is 301 g/mol. The molecule has 1 aromatic carbocycles. The van der Waals surface area contributed by atoms with Crippen LogP contribution in [0.4, 0.5) is 0 Å². The molecule has 1 atom stereocenters. The number of amides is 1. The number of nitrogens with zero attached hydrogens (tertiary/aromatic N) is 1. The number of carboxylic acids is 1. The van der Waals surface area contributed by atoms with E-state index in [9.17, 15) is 14.7 Å². The highest BCUT2D eigenvalue weighted by molar-refractivity contribution is 6.49. The number of halogens is 2. The standard InChI is InChI=1S/C12H9Cl2NO4/c13-8-9(14)11(17)15(10(8)16)5-6-1-3-7(4-2-6)12(18)19/h1-4,10,16H,5H2,(H,18,19). The van der Waals surface area contributed by atoms with Gasteiger partial charge in [-0.05, 0) is 17.7 Å².